The van der Waals surface area contributed by atoms with Gasteiger partial charge < -0.3 is 16.8 Å². The van der Waals surface area contributed by atoms with E-state index in [4.69, 9.17) is 11.5 Å². The van der Waals surface area contributed by atoms with Crippen molar-refractivity contribution in [1.82, 2.24) is 5.32 Å². The summed E-state index contributed by atoms with van der Waals surface area (Å²) in [4.78, 5) is 23.6. The largest absolute Gasteiger partial charge is 0.366 e. The summed E-state index contributed by atoms with van der Waals surface area (Å²) in [6.07, 6.45) is 5.01. The second-order valence-electron chi connectivity index (χ2n) is 5.79. The lowest BCUT2D eigenvalue weighted by Gasteiger charge is -2.34. The highest BCUT2D eigenvalue weighted by atomic mass is 16.2. The monoisotopic (exact) mass is 289 g/mol. The molecule has 5 heteroatoms. The van der Waals surface area contributed by atoms with Crippen LogP contribution in [0.5, 0.6) is 0 Å². The summed E-state index contributed by atoms with van der Waals surface area (Å²) in [6.45, 7) is 0.780. The molecule has 0 unspecified atom stereocenters. The maximum absolute atomic E-state index is 12.5. The Labute approximate surface area is 125 Å². The molecule has 2 amide bonds. The maximum Gasteiger partial charge on any atom is 0.248 e. The van der Waals surface area contributed by atoms with E-state index < -0.39 is 11.3 Å². The highest BCUT2D eigenvalue weighted by Crippen LogP contribution is 2.35. The lowest BCUT2D eigenvalue weighted by atomic mass is 9.73. The predicted octanol–water partition coefficient (Wildman–Crippen LogP) is 1.31. The summed E-state index contributed by atoms with van der Waals surface area (Å²) in [5, 5.41) is 2.96. The van der Waals surface area contributed by atoms with E-state index in [1.807, 2.05) is 6.07 Å². The van der Waals surface area contributed by atoms with Gasteiger partial charge >= 0.3 is 0 Å². The molecular weight excluding hydrogens is 266 g/mol. The minimum Gasteiger partial charge on any atom is -0.366 e. The summed E-state index contributed by atoms with van der Waals surface area (Å²) in [6, 6.07) is 7.00. The second-order valence-corrected chi connectivity index (χ2v) is 5.79. The van der Waals surface area contributed by atoms with Crippen molar-refractivity contribution < 1.29 is 9.59 Å². The molecule has 0 radical (unpaired) electrons. The minimum atomic E-state index is -0.464. The third-order valence-corrected chi connectivity index (χ3v) is 4.35. The zero-order valence-corrected chi connectivity index (χ0v) is 12.2. The Bertz CT molecular complexity index is 522. The van der Waals surface area contributed by atoms with Crippen molar-refractivity contribution in [2.75, 3.05) is 6.54 Å². The average molecular weight is 289 g/mol. The molecule has 0 bridgehead atoms. The van der Waals surface area contributed by atoms with Crippen LogP contribution in [0.3, 0.4) is 0 Å². The lowest BCUT2D eigenvalue weighted by Crippen LogP contribution is -2.46. The summed E-state index contributed by atoms with van der Waals surface area (Å²) >= 11 is 0. The van der Waals surface area contributed by atoms with Crippen molar-refractivity contribution in [3.05, 3.63) is 35.4 Å². The van der Waals surface area contributed by atoms with Gasteiger partial charge in [-0.25, -0.2) is 0 Å². The number of primary amides is 1. The quantitative estimate of drug-likeness (QED) is 0.762. The van der Waals surface area contributed by atoms with Gasteiger partial charge in [0.15, 0.2) is 0 Å². The molecule has 1 aromatic rings. The van der Waals surface area contributed by atoms with Gasteiger partial charge in [-0.3, -0.25) is 9.59 Å². The van der Waals surface area contributed by atoms with E-state index in [2.05, 4.69) is 5.32 Å². The fourth-order valence-corrected chi connectivity index (χ4v) is 2.96. The van der Waals surface area contributed by atoms with Crippen molar-refractivity contribution in [2.24, 2.45) is 16.9 Å². The first-order chi connectivity index (χ1) is 10.1. The van der Waals surface area contributed by atoms with Crippen molar-refractivity contribution in [3.8, 4) is 0 Å². The summed E-state index contributed by atoms with van der Waals surface area (Å²) in [7, 11) is 0. The van der Waals surface area contributed by atoms with E-state index in [0.717, 1.165) is 31.2 Å². The predicted molar refractivity (Wildman–Crippen MR) is 81.4 cm³/mol. The molecule has 0 saturated heterocycles. The Morgan fingerprint density at radius 2 is 1.90 bits per heavy atom. The molecule has 0 spiro atoms. The van der Waals surface area contributed by atoms with Gasteiger partial charge in [-0.15, -0.1) is 0 Å². The third kappa shape index (κ3) is 3.61. The highest BCUT2D eigenvalue weighted by molar-refractivity contribution is 5.92. The van der Waals surface area contributed by atoms with E-state index in [9.17, 15) is 9.59 Å². The summed E-state index contributed by atoms with van der Waals surface area (Å²) in [5.74, 6) is -0.442. The number of carbonyl (C=O) groups excluding carboxylic acids is 2. The van der Waals surface area contributed by atoms with Crippen LogP contribution in [0.1, 0.15) is 48.0 Å². The van der Waals surface area contributed by atoms with Gasteiger partial charge in [0, 0.05) is 18.7 Å². The molecule has 1 fully saturated rings. The molecule has 1 aliphatic carbocycles. The van der Waals surface area contributed by atoms with E-state index in [-0.39, 0.29) is 5.91 Å². The zero-order chi connectivity index (χ0) is 15.3. The van der Waals surface area contributed by atoms with Crippen LogP contribution in [-0.2, 0) is 11.3 Å². The van der Waals surface area contributed by atoms with E-state index in [0.29, 0.717) is 18.7 Å². The first kappa shape index (κ1) is 15.5. The molecular formula is C16H23N3O2. The molecule has 114 valence electrons. The van der Waals surface area contributed by atoms with Gasteiger partial charge in [-0.05, 0) is 30.5 Å². The molecule has 0 atom stereocenters. The molecule has 21 heavy (non-hydrogen) atoms. The number of benzene rings is 1. The van der Waals surface area contributed by atoms with Gasteiger partial charge in [0.1, 0.15) is 0 Å². The number of hydrogen-bond donors (Lipinski definition) is 3. The number of nitrogens with two attached hydrogens (primary N) is 2. The molecule has 5 N–H and O–H groups in total. The Hall–Kier alpha value is -1.88. The van der Waals surface area contributed by atoms with E-state index in [1.54, 1.807) is 18.2 Å². The van der Waals surface area contributed by atoms with Crippen LogP contribution in [0.4, 0.5) is 0 Å². The Balaban J connectivity index is 2.00. The third-order valence-electron chi connectivity index (χ3n) is 4.35. The van der Waals surface area contributed by atoms with Crippen LogP contribution in [0.25, 0.3) is 0 Å². The van der Waals surface area contributed by atoms with E-state index in [1.165, 1.54) is 6.42 Å². The van der Waals surface area contributed by atoms with Crippen molar-refractivity contribution in [2.45, 2.75) is 38.6 Å². The van der Waals surface area contributed by atoms with Gasteiger partial charge in [-0.1, -0.05) is 31.4 Å². The van der Waals surface area contributed by atoms with Crippen molar-refractivity contribution in [1.29, 1.82) is 0 Å². The summed E-state index contributed by atoms with van der Waals surface area (Å²) in [5.41, 5.74) is 12.0. The number of amides is 2. The van der Waals surface area contributed by atoms with Crippen LogP contribution < -0.4 is 16.8 Å². The molecule has 2 rings (SSSR count). The number of carbonyl (C=O) groups is 2. The zero-order valence-electron chi connectivity index (χ0n) is 12.2. The molecule has 1 aliphatic rings. The van der Waals surface area contributed by atoms with Crippen LogP contribution in [-0.4, -0.2) is 18.4 Å². The SMILES string of the molecule is NCC1(C(=O)NCc2cccc(C(N)=O)c2)CCCCC1. The van der Waals surface area contributed by atoms with Gasteiger partial charge in [0.05, 0.1) is 5.41 Å². The molecule has 1 aromatic carbocycles. The van der Waals surface area contributed by atoms with Crippen LogP contribution in [0.2, 0.25) is 0 Å². The fourth-order valence-electron chi connectivity index (χ4n) is 2.96. The Kier molecular flexibility index (Phi) is 4.96. The van der Waals surface area contributed by atoms with Crippen molar-refractivity contribution >= 4 is 11.8 Å². The maximum atomic E-state index is 12.5. The van der Waals surface area contributed by atoms with Gasteiger partial charge in [0.2, 0.25) is 11.8 Å². The van der Waals surface area contributed by atoms with Crippen LogP contribution in [0.15, 0.2) is 24.3 Å². The average Bonchev–Trinajstić information content (AvgIpc) is 2.53. The Morgan fingerprint density at radius 3 is 2.52 bits per heavy atom. The molecule has 0 aliphatic heterocycles. The molecule has 5 nitrogen and oxygen atoms in total. The van der Waals surface area contributed by atoms with Crippen LogP contribution in [0, 0.1) is 5.41 Å². The molecule has 0 heterocycles. The summed E-state index contributed by atoms with van der Waals surface area (Å²) < 4.78 is 0. The fraction of sp³-hybridized carbons (Fsp3) is 0.500. The topological polar surface area (TPSA) is 98.2 Å². The highest BCUT2D eigenvalue weighted by Gasteiger charge is 2.37. The lowest BCUT2D eigenvalue weighted by molar-refractivity contribution is -0.132. The minimum absolute atomic E-state index is 0.0224. The van der Waals surface area contributed by atoms with Crippen molar-refractivity contribution in [3.63, 3.8) is 0 Å². The number of hydrogen-bond acceptors (Lipinski definition) is 3. The van der Waals surface area contributed by atoms with E-state index >= 15 is 0 Å². The van der Waals surface area contributed by atoms with Gasteiger partial charge in [-0.2, -0.15) is 0 Å². The number of nitrogens with one attached hydrogen (secondary N) is 1. The number of rotatable bonds is 5. The smallest absolute Gasteiger partial charge is 0.248 e. The Morgan fingerprint density at radius 1 is 1.19 bits per heavy atom. The molecule has 1 saturated carbocycles. The second kappa shape index (κ2) is 6.72. The normalized spacial score (nSPS) is 17.2. The van der Waals surface area contributed by atoms with Gasteiger partial charge in [0.25, 0.3) is 0 Å². The van der Waals surface area contributed by atoms with Crippen LogP contribution >= 0.6 is 0 Å². The molecule has 0 aromatic heterocycles. The standard InChI is InChI=1S/C16H23N3O2/c17-11-16(7-2-1-3-8-16)15(21)19-10-12-5-4-6-13(9-12)14(18)20/h4-6,9H,1-3,7-8,10-11,17H2,(H2,18,20)(H,19,21). The first-order valence-electron chi connectivity index (χ1n) is 7.44. The first-order valence-corrected chi connectivity index (χ1v) is 7.44.